The summed E-state index contributed by atoms with van der Waals surface area (Å²) in [6, 6.07) is 9.97. The first-order chi connectivity index (χ1) is 10.1. The molecule has 0 bridgehead atoms. The van der Waals surface area contributed by atoms with Crippen LogP contribution in [0.2, 0.25) is 0 Å². The van der Waals surface area contributed by atoms with E-state index in [0.717, 1.165) is 5.69 Å². The number of hydrogen-bond donors (Lipinski definition) is 2. The van der Waals surface area contributed by atoms with Gasteiger partial charge in [-0.15, -0.1) is 11.3 Å². The molecule has 3 nitrogen and oxygen atoms in total. The van der Waals surface area contributed by atoms with Crippen molar-refractivity contribution in [1.29, 1.82) is 0 Å². The Morgan fingerprint density at radius 2 is 1.95 bits per heavy atom. The molecule has 4 heteroatoms. The molecule has 0 saturated carbocycles. The van der Waals surface area contributed by atoms with Crippen molar-refractivity contribution in [3.63, 3.8) is 0 Å². The zero-order valence-corrected chi connectivity index (χ0v) is 13.0. The van der Waals surface area contributed by atoms with Gasteiger partial charge in [0.15, 0.2) is 0 Å². The van der Waals surface area contributed by atoms with Crippen molar-refractivity contribution in [2.24, 2.45) is 5.73 Å². The highest BCUT2D eigenvalue weighted by Crippen LogP contribution is 2.34. The van der Waals surface area contributed by atoms with Crippen molar-refractivity contribution >= 4 is 22.9 Å². The number of carbonyl (C=O) groups excluding carboxylic acids is 1. The molecule has 1 aromatic carbocycles. The van der Waals surface area contributed by atoms with Gasteiger partial charge in [-0.2, -0.15) is 0 Å². The first kappa shape index (κ1) is 14.1. The molecule has 0 saturated heterocycles. The molecule has 3 rings (SSSR count). The molecule has 0 aliphatic heterocycles. The number of benzene rings is 1. The third-order valence-corrected chi connectivity index (χ3v) is 5.41. The minimum atomic E-state index is -0.388. The maximum atomic E-state index is 11.1. The molecule has 3 N–H and O–H groups in total. The summed E-state index contributed by atoms with van der Waals surface area (Å²) in [4.78, 5) is 14.0. The molecule has 2 aromatic rings. The molecular weight excluding hydrogens is 280 g/mol. The van der Waals surface area contributed by atoms with Crippen LogP contribution in [0.3, 0.4) is 0 Å². The fraction of sp³-hybridized carbons (Fsp3) is 0.353. The number of primary amides is 1. The Bertz CT molecular complexity index is 622. The molecule has 0 fully saturated rings. The fourth-order valence-corrected chi connectivity index (χ4v) is 4.04. The monoisotopic (exact) mass is 300 g/mol. The van der Waals surface area contributed by atoms with Crippen LogP contribution in [0.5, 0.6) is 0 Å². The number of anilines is 1. The summed E-state index contributed by atoms with van der Waals surface area (Å²) in [5.41, 5.74) is 8.35. The Kier molecular flexibility index (Phi) is 3.97. The van der Waals surface area contributed by atoms with Gasteiger partial charge < -0.3 is 11.1 Å². The first-order valence-corrected chi connectivity index (χ1v) is 8.23. The van der Waals surface area contributed by atoms with Crippen LogP contribution >= 0.6 is 11.3 Å². The van der Waals surface area contributed by atoms with E-state index in [1.54, 1.807) is 22.6 Å². The number of nitrogens with two attached hydrogens (primary N) is 1. The largest absolute Gasteiger partial charge is 0.378 e. The minimum Gasteiger partial charge on any atom is -0.378 e. The summed E-state index contributed by atoms with van der Waals surface area (Å²) in [5, 5.41) is 3.49. The van der Waals surface area contributed by atoms with E-state index in [1.807, 2.05) is 23.5 Å². The van der Waals surface area contributed by atoms with Crippen molar-refractivity contribution in [1.82, 2.24) is 0 Å². The minimum absolute atomic E-state index is 0.278. The molecule has 110 valence electrons. The van der Waals surface area contributed by atoms with Crippen LogP contribution in [0, 0.1) is 0 Å². The Morgan fingerprint density at radius 1 is 1.24 bits per heavy atom. The second-order valence-corrected chi connectivity index (χ2v) is 6.78. The second-order valence-electron chi connectivity index (χ2n) is 5.61. The normalized spacial score (nSPS) is 15.3. The number of aryl methyl sites for hydroxylation is 2. The maximum Gasteiger partial charge on any atom is 0.248 e. The van der Waals surface area contributed by atoms with E-state index in [-0.39, 0.29) is 11.9 Å². The molecule has 1 amide bonds. The zero-order valence-electron chi connectivity index (χ0n) is 12.2. The van der Waals surface area contributed by atoms with E-state index < -0.39 is 0 Å². The van der Waals surface area contributed by atoms with Gasteiger partial charge in [-0.25, -0.2) is 0 Å². The lowest BCUT2D eigenvalue weighted by Gasteiger charge is -2.13. The van der Waals surface area contributed by atoms with Crippen LogP contribution in [-0.2, 0) is 12.8 Å². The first-order valence-electron chi connectivity index (χ1n) is 7.41. The average molecular weight is 300 g/mol. The van der Waals surface area contributed by atoms with Gasteiger partial charge in [-0.1, -0.05) is 0 Å². The molecular formula is C17H20N2OS. The van der Waals surface area contributed by atoms with Crippen molar-refractivity contribution in [2.75, 3.05) is 5.32 Å². The van der Waals surface area contributed by atoms with E-state index in [9.17, 15) is 4.79 Å². The predicted octanol–water partition coefficient (Wildman–Crippen LogP) is 3.90. The Labute approximate surface area is 129 Å². The molecule has 1 unspecified atom stereocenters. The lowest BCUT2D eigenvalue weighted by Crippen LogP contribution is -2.11. The summed E-state index contributed by atoms with van der Waals surface area (Å²) < 4.78 is 0. The quantitative estimate of drug-likeness (QED) is 0.899. The van der Waals surface area contributed by atoms with Gasteiger partial charge in [0.2, 0.25) is 5.91 Å². The summed E-state index contributed by atoms with van der Waals surface area (Å²) in [5.74, 6) is -0.388. The van der Waals surface area contributed by atoms with E-state index in [1.165, 1.54) is 30.6 Å². The van der Waals surface area contributed by atoms with Crippen LogP contribution in [0.25, 0.3) is 0 Å². The van der Waals surface area contributed by atoms with Crippen LogP contribution in [0.1, 0.15) is 51.5 Å². The maximum absolute atomic E-state index is 11.1. The van der Waals surface area contributed by atoms with Crippen LogP contribution in [0.15, 0.2) is 30.3 Å². The molecule has 1 aromatic heterocycles. The SMILES string of the molecule is CC(Nc1ccc(C(N)=O)cc1)c1cc2c(s1)CCCC2. The number of amides is 1. The number of carbonyl (C=O) groups is 1. The Hall–Kier alpha value is -1.81. The number of fused-ring (bicyclic) bond motifs is 1. The molecule has 1 atom stereocenters. The van der Waals surface area contributed by atoms with E-state index in [0.29, 0.717) is 5.56 Å². The highest BCUT2D eigenvalue weighted by atomic mass is 32.1. The van der Waals surface area contributed by atoms with Gasteiger partial charge in [-0.3, -0.25) is 4.79 Å². The van der Waals surface area contributed by atoms with Crippen LogP contribution in [0.4, 0.5) is 5.69 Å². The summed E-state index contributed by atoms with van der Waals surface area (Å²) in [6.45, 7) is 2.18. The molecule has 1 heterocycles. The van der Waals surface area contributed by atoms with Crippen molar-refractivity contribution < 1.29 is 4.79 Å². The predicted molar refractivity (Wildman–Crippen MR) is 88.0 cm³/mol. The highest BCUT2D eigenvalue weighted by molar-refractivity contribution is 7.12. The van der Waals surface area contributed by atoms with Gasteiger partial charge in [0, 0.05) is 21.0 Å². The number of nitrogens with one attached hydrogen (secondary N) is 1. The van der Waals surface area contributed by atoms with Crippen LogP contribution < -0.4 is 11.1 Å². The zero-order chi connectivity index (χ0) is 14.8. The fourth-order valence-electron chi connectivity index (χ4n) is 2.78. The number of rotatable bonds is 4. The summed E-state index contributed by atoms with van der Waals surface area (Å²) in [7, 11) is 0. The van der Waals surface area contributed by atoms with Gasteiger partial charge in [0.25, 0.3) is 0 Å². The highest BCUT2D eigenvalue weighted by Gasteiger charge is 2.16. The van der Waals surface area contributed by atoms with Gasteiger partial charge in [0.1, 0.15) is 0 Å². The molecule has 1 aliphatic carbocycles. The third-order valence-electron chi connectivity index (χ3n) is 4.00. The third kappa shape index (κ3) is 3.10. The summed E-state index contributed by atoms with van der Waals surface area (Å²) >= 11 is 1.93. The van der Waals surface area contributed by atoms with Gasteiger partial charge in [0.05, 0.1) is 6.04 Å². The number of hydrogen-bond acceptors (Lipinski definition) is 3. The van der Waals surface area contributed by atoms with Gasteiger partial charge in [-0.05, 0) is 68.5 Å². The van der Waals surface area contributed by atoms with E-state index >= 15 is 0 Å². The molecule has 0 spiro atoms. The van der Waals surface area contributed by atoms with Crippen molar-refractivity contribution in [3.05, 3.63) is 51.2 Å². The average Bonchev–Trinajstić information content (AvgIpc) is 2.92. The Morgan fingerprint density at radius 3 is 2.62 bits per heavy atom. The number of thiophene rings is 1. The topological polar surface area (TPSA) is 55.1 Å². The molecule has 0 radical (unpaired) electrons. The van der Waals surface area contributed by atoms with Crippen molar-refractivity contribution in [3.8, 4) is 0 Å². The van der Waals surface area contributed by atoms with E-state index in [2.05, 4.69) is 18.3 Å². The standard InChI is InChI=1S/C17H20N2OS/c1-11(16-10-13-4-2-3-5-15(13)21-16)19-14-8-6-12(7-9-14)17(18)20/h6-11,19H,2-5H2,1H3,(H2,18,20). The lowest BCUT2D eigenvalue weighted by atomic mass is 9.99. The smallest absolute Gasteiger partial charge is 0.248 e. The lowest BCUT2D eigenvalue weighted by molar-refractivity contribution is 0.100. The van der Waals surface area contributed by atoms with E-state index in [4.69, 9.17) is 5.73 Å². The molecule has 21 heavy (non-hydrogen) atoms. The Balaban J connectivity index is 1.72. The summed E-state index contributed by atoms with van der Waals surface area (Å²) in [6.07, 6.45) is 5.11. The van der Waals surface area contributed by atoms with Gasteiger partial charge >= 0.3 is 0 Å². The second kappa shape index (κ2) is 5.90. The molecule has 1 aliphatic rings. The van der Waals surface area contributed by atoms with Crippen molar-refractivity contribution in [2.45, 2.75) is 38.6 Å². The van der Waals surface area contributed by atoms with Crippen LogP contribution in [-0.4, -0.2) is 5.91 Å².